The van der Waals surface area contributed by atoms with E-state index in [4.69, 9.17) is 0 Å². The molecule has 2 heterocycles. The number of imide groups is 1. The van der Waals surface area contributed by atoms with Crippen LogP contribution in [0.5, 0.6) is 0 Å². The van der Waals surface area contributed by atoms with Crippen LogP contribution in [0.15, 0.2) is 17.0 Å². The number of benzene rings is 1. The van der Waals surface area contributed by atoms with Crippen LogP contribution in [0.3, 0.4) is 0 Å². The van der Waals surface area contributed by atoms with E-state index in [-0.39, 0.29) is 5.82 Å². The highest BCUT2D eigenvalue weighted by Crippen LogP contribution is 2.30. The molecule has 0 unspecified atom stereocenters. The molecular formula is C15H15FN2O2S. The predicted molar refractivity (Wildman–Crippen MR) is 81.7 cm³/mol. The molecule has 6 heteroatoms. The van der Waals surface area contributed by atoms with Crippen molar-refractivity contribution >= 4 is 34.7 Å². The van der Waals surface area contributed by atoms with E-state index in [1.165, 1.54) is 6.07 Å². The quantitative estimate of drug-likeness (QED) is 0.853. The number of rotatable bonds is 2. The fraction of sp³-hybridized carbons (Fsp3) is 0.333. The molecule has 4 nitrogen and oxygen atoms in total. The molecule has 1 aromatic rings. The maximum Gasteiger partial charge on any atom is 0.290 e. The maximum atomic E-state index is 14.3. The van der Waals surface area contributed by atoms with E-state index in [0.29, 0.717) is 16.2 Å². The molecule has 2 saturated heterocycles. The molecular weight excluding hydrogens is 291 g/mol. The second kappa shape index (κ2) is 5.52. The normalized spacial score (nSPS) is 20.5. The zero-order valence-electron chi connectivity index (χ0n) is 11.6. The Kier molecular flexibility index (Phi) is 3.71. The molecule has 0 radical (unpaired) electrons. The number of halogens is 1. The second-order valence-corrected chi connectivity index (χ2v) is 6.22. The molecule has 0 aromatic heterocycles. The molecule has 21 heavy (non-hydrogen) atoms. The van der Waals surface area contributed by atoms with E-state index in [0.717, 1.165) is 43.3 Å². The molecule has 3 rings (SSSR count). The highest BCUT2D eigenvalue weighted by Gasteiger charge is 2.25. The van der Waals surface area contributed by atoms with Gasteiger partial charge in [-0.2, -0.15) is 0 Å². The third-order valence-corrected chi connectivity index (χ3v) is 4.52. The van der Waals surface area contributed by atoms with Gasteiger partial charge in [-0.3, -0.25) is 14.9 Å². The molecule has 0 aliphatic carbocycles. The Labute approximate surface area is 126 Å². The van der Waals surface area contributed by atoms with Crippen LogP contribution in [-0.4, -0.2) is 24.2 Å². The number of anilines is 1. The molecule has 0 atom stereocenters. The second-order valence-electron chi connectivity index (χ2n) is 5.21. The Morgan fingerprint density at radius 3 is 2.62 bits per heavy atom. The van der Waals surface area contributed by atoms with Crippen LogP contribution in [0.2, 0.25) is 0 Å². The minimum Gasteiger partial charge on any atom is -0.369 e. The van der Waals surface area contributed by atoms with Gasteiger partial charge in [0.1, 0.15) is 5.82 Å². The van der Waals surface area contributed by atoms with Crippen LogP contribution in [0.1, 0.15) is 24.0 Å². The van der Waals surface area contributed by atoms with Gasteiger partial charge in [0.15, 0.2) is 0 Å². The Morgan fingerprint density at radius 1 is 1.29 bits per heavy atom. The minimum atomic E-state index is -0.423. The Bertz CT molecular complexity index is 651. The zero-order chi connectivity index (χ0) is 15.0. The molecule has 1 aromatic carbocycles. The van der Waals surface area contributed by atoms with E-state index in [1.54, 1.807) is 6.08 Å². The van der Waals surface area contributed by atoms with Gasteiger partial charge >= 0.3 is 0 Å². The van der Waals surface area contributed by atoms with Crippen LogP contribution in [0.25, 0.3) is 6.08 Å². The van der Waals surface area contributed by atoms with Gasteiger partial charge in [-0.05, 0) is 60.9 Å². The lowest BCUT2D eigenvalue weighted by Gasteiger charge is -2.19. The number of carbonyl (C=O) groups is 2. The van der Waals surface area contributed by atoms with Gasteiger partial charge in [0, 0.05) is 13.1 Å². The first-order valence-corrected chi connectivity index (χ1v) is 7.66. The van der Waals surface area contributed by atoms with Gasteiger partial charge in [-0.25, -0.2) is 4.39 Å². The zero-order valence-corrected chi connectivity index (χ0v) is 12.4. The first-order chi connectivity index (χ1) is 10.0. The Morgan fingerprint density at radius 2 is 2.00 bits per heavy atom. The average molecular weight is 306 g/mol. The van der Waals surface area contributed by atoms with Crippen LogP contribution in [-0.2, 0) is 4.79 Å². The molecule has 110 valence electrons. The first kappa shape index (κ1) is 14.1. The SMILES string of the molecule is Cc1cc(N2CCCC2)c(F)cc1/C=C1/SC(=O)NC1=O. The van der Waals surface area contributed by atoms with Crippen LogP contribution >= 0.6 is 11.8 Å². The predicted octanol–water partition coefficient (Wildman–Crippen LogP) is 3.06. The number of nitrogens with one attached hydrogen (secondary N) is 1. The number of thioether (sulfide) groups is 1. The fourth-order valence-electron chi connectivity index (χ4n) is 2.60. The number of amides is 2. The summed E-state index contributed by atoms with van der Waals surface area (Å²) in [7, 11) is 0. The van der Waals surface area contributed by atoms with Gasteiger partial charge in [0.05, 0.1) is 10.6 Å². The summed E-state index contributed by atoms with van der Waals surface area (Å²) in [5, 5.41) is 1.80. The van der Waals surface area contributed by atoms with E-state index in [2.05, 4.69) is 5.32 Å². The van der Waals surface area contributed by atoms with Gasteiger partial charge in [0.2, 0.25) is 0 Å². The van der Waals surface area contributed by atoms with E-state index in [1.807, 2.05) is 17.9 Å². The third-order valence-electron chi connectivity index (χ3n) is 3.71. The molecule has 0 saturated carbocycles. The third kappa shape index (κ3) is 2.81. The fourth-order valence-corrected chi connectivity index (χ4v) is 3.27. The number of hydrogen-bond acceptors (Lipinski definition) is 4. The summed E-state index contributed by atoms with van der Waals surface area (Å²) in [6.07, 6.45) is 3.74. The molecule has 2 amide bonds. The van der Waals surface area contributed by atoms with Crippen molar-refractivity contribution < 1.29 is 14.0 Å². The van der Waals surface area contributed by atoms with Crippen molar-refractivity contribution in [2.45, 2.75) is 19.8 Å². The van der Waals surface area contributed by atoms with Crippen molar-refractivity contribution in [1.82, 2.24) is 5.32 Å². The molecule has 0 spiro atoms. The van der Waals surface area contributed by atoms with Gasteiger partial charge < -0.3 is 4.90 Å². The van der Waals surface area contributed by atoms with Crippen molar-refractivity contribution in [2.24, 2.45) is 0 Å². The van der Waals surface area contributed by atoms with Crippen LogP contribution < -0.4 is 10.2 Å². The summed E-state index contributed by atoms with van der Waals surface area (Å²) in [5.74, 6) is -0.711. The minimum absolute atomic E-state index is 0.288. The highest BCUT2D eigenvalue weighted by atomic mass is 32.2. The van der Waals surface area contributed by atoms with Gasteiger partial charge in [-0.15, -0.1) is 0 Å². The van der Waals surface area contributed by atoms with Crippen molar-refractivity contribution in [3.63, 3.8) is 0 Å². The lowest BCUT2D eigenvalue weighted by molar-refractivity contribution is -0.115. The smallest absolute Gasteiger partial charge is 0.290 e. The summed E-state index contributed by atoms with van der Waals surface area (Å²) in [4.78, 5) is 25.0. The Balaban J connectivity index is 1.94. The van der Waals surface area contributed by atoms with E-state index >= 15 is 0 Å². The molecule has 1 N–H and O–H groups in total. The van der Waals surface area contributed by atoms with Crippen LogP contribution in [0, 0.1) is 12.7 Å². The summed E-state index contributed by atoms with van der Waals surface area (Å²) in [6, 6.07) is 3.25. The standard InChI is InChI=1S/C15H15FN2O2S/c1-9-6-12(18-4-2-3-5-18)11(16)7-10(9)8-13-14(19)17-15(20)21-13/h6-8H,2-5H2,1H3,(H,17,19,20)/b13-8+. The molecule has 2 aliphatic rings. The molecule has 2 aliphatic heterocycles. The summed E-state index contributed by atoms with van der Waals surface area (Å²) < 4.78 is 14.3. The summed E-state index contributed by atoms with van der Waals surface area (Å²) >= 11 is 0.841. The molecule has 2 fully saturated rings. The average Bonchev–Trinajstić information content (AvgIpc) is 3.04. The van der Waals surface area contributed by atoms with Gasteiger partial charge in [-0.1, -0.05) is 0 Å². The topological polar surface area (TPSA) is 49.4 Å². The maximum absolute atomic E-state index is 14.3. The monoisotopic (exact) mass is 306 g/mol. The van der Waals surface area contributed by atoms with Crippen molar-refractivity contribution in [2.75, 3.05) is 18.0 Å². The van der Waals surface area contributed by atoms with E-state index in [9.17, 15) is 14.0 Å². The van der Waals surface area contributed by atoms with Crippen LogP contribution in [0.4, 0.5) is 14.9 Å². The van der Waals surface area contributed by atoms with Crippen molar-refractivity contribution in [3.8, 4) is 0 Å². The number of aryl methyl sites for hydroxylation is 1. The first-order valence-electron chi connectivity index (χ1n) is 6.84. The summed E-state index contributed by atoms with van der Waals surface area (Å²) in [5.41, 5.74) is 2.13. The molecule has 0 bridgehead atoms. The van der Waals surface area contributed by atoms with E-state index < -0.39 is 11.1 Å². The van der Waals surface area contributed by atoms with Gasteiger partial charge in [0.25, 0.3) is 11.1 Å². The lowest BCUT2D eigenvalue weighted by Crippen LogP contribution is -2.19. The number of carbonyl (C=O) groups excluding carboxylic acids is 2. The summed E-state index contributed by atoms with van der Waals surface area (Å²) in [6.45, 7) is 3.64. The number of nitrogens with zero attached hydrogens (tertiary/aromatic N) is 1. The largest absolute Gasteiger partial charge is 0.369 e. The highest BCUT2D eigenvalue weighted by molar-refractivity contribution is 8.18. The van der Waals surface area contributed by atoms with Crippen molar-refractivity contribution in [1.29, 1.82) is 0 Å². The lowest BCUT2D eigenvalue weighted by atomic mass is 10.1. The number of hydrogen-bond donors (Lipinski definition) is 1. The Hall–Kier alpha value is -1.82. The van der Waals surface area contributed by atoms with Crippen molar-refractivity contribution in [3.05, 3.63) is 34.0 Å².